The number of sulfonamides is 1. The molecule has 1 N–H and O–H groups in total. The molecule has 2 aromatic carbocycles. The van der Waals surface area contributed by atoms with Crippen LogP contribution in [0.25, 0.3) is 11.3 Å². The molecule has 0 bridgehead atoms. The summed E-state index contributed by atoms with van der Waals surface area (Å²) in [5, 5.41) is 8.48. The molecule has 1 aliphatic heterocycles. The van der Waals surface area contributed by atoms with Crippen molar-refractivity contribution in [3.8, 4) is 11.3 Å². The van der Waals surface area contributed by atoms with E-state index < -0.39 is 26.7 Å². The van der Waals surface area contributed by atoms with Gasteiger partial charge in [0.25, 0.3) is 10.0 Å². The lowest BCUT2D eigenvalue weighted by Gasteiger charge is -2.15. The maximum Gasteiger partial charge on any atom is 0.417 e. The molecule has 31 heavy (non-hydrogen) atoms. The van der Waals surface area contributed by atoms with E-state index in [-0.39, 0.29) is 5.69 Å². The van der Waals surface area contributed by atoms with Gasteiger partial charge in [0.2, 0.25) is 0 Å². The van der Waals surface area contributed by atoms with E-state index in [4.69, 9.17) is 0 Å². The van der Waals surface area contributed by atoms with Crippen LogP contribution in [0.3, 0.4) is 0 Å². The van der Waals surface area contributed by atoms with Gasteiger partial charge >= 0.3 is 6.18 Å². The van der Waals surface area contributed by atoms with Crippen LogP contribution in [0.4, 0.5) is 24.7 Å². The molecule has 1 fully saturated rings. The lowest BCUT2D eigenvalue weighted by Crippen LogP contribution is -2.19. The van der Waals surface area contributed by atoms with Gasteiger partial charge in [-0.25, -0.2) is 8.42 Å². The summed E-state index contributed by atoms with van der Waals surface area (Å²) < 4.78 is 66.8. The molecular weight excluding hydrogens is 429 g/mol. The van der Waals surface area contributed by atoms with Gasteiger partial charge in [-0.15, -0.1) is 10.2 Å². The number of halogens is 3. The minimum absolute atomic E-state index is 0.141. The van der Waals surface area contributed by atoms with Crippen molar-refractivity contribution in [3.63, 3.8) is 0 Å². The van der Waals surface area contributed by atoms with E-state index in [1.165, 1.54) is 18.2 Å². The normalized spacial score (nSPS) is 14.6. The first-order valence-corrected chi connectivity index (χ1v) is 11.1. The van der Waals surface area contributed by atoms with Crippen molar-refractivity contribution in [2.24, 2.45) is 0 Å². The van der Waals surface area contributed by atoms with Gasteiger partial charge in [0.05, 0.1) is 16.2 Å². The number of aromatic nitrogens is 2. The molecule has 0 aliphatic carbocycles. The van der Waals surface area contributed by atoms with Gasteiger partial charge in [-0.05, 0) is 49.2 Å². The summed E-state index contributed by atoms with van der Waals surface area (Å²) in [4.78, 5) is 1.34. The number of rotatable bonds is 5. The predicted molar refractivity (Wildman–Crippen MR) is 111 cm³/mol. The zero-order valence-corrected chi connectivity index (χ0v) is 17.1. The van der Waals surface area contributed by atoms with Gasteiger partial charge in [0.1, 0.15) is 0 Å². The number of nitrogens with one attached hydrogen (secondary N) is 1. The maximum atomic E-state index is 13.2. The van der Waals surface area contributed by atoms with Crippen LogP contribution < -0.4 is 9.62 Å². The highest BCUT2D eigenvalue weighted by molar-refractivity contribution is 7.92. The summed E-state index contributed by atoms with van der Waals surface area (Å²) in [7, 11) is -4.42. The van der Waals surface area contributed by atoms with Gasteiger partial charge in [-0.3, -0.25) is 4.72 Å². The number of anilines is 2. The molecule has 1 aliphatic rings. The summed E-state index contributed by atoms with van der Waals surface area (Å²) in [5.74, 6) is 0.814. The Labute approximate surface area is 177 Å². The number of hydrogen-bond donors (Lipinski definition) is 1. The molecule has 2 heterocycles. The Morgan fingerprint density at radius 1 is 0.871 bits per heavy atom. The first-order chi connectivity index (χ1) is 14.7. The number of alkyl halides is 3. The fraction of sp³-hybridized carbons (Fsp3) is 0.238. The molecule has 0 unspecified atom stereocenters. The Morgan fingerprint density at radius 3 is 2.16 bits per heavy atom. The van der Waals surface area contributed by atoms with Crippen molar-refractivity contribution in [1.82, 2.24) is 10.2 Å². The van der Waals surface area contributed by atoms with Gasteiger partial charge in [0, 0.05) is 24.3 Å². The van der Waals surface area contributed by atoms with E-state index in [0.29, 0.717) is 11.3 Å². The first kappa shape index (κ1) is 21.1. The molecule has 0 amide bonds. The quantitative estimate of drug-likeness (QED) is 0.619. The third-order valence-corrected chi connectivity index (χ3v) is 6.43. The lowest BCUT2D eigenvalue weighted by molar-refractivity contribution is -0.139. The standard InChI is InChI=1S/C21H19F3N4O2S/c22-21(23,24)17-5-1-2-6-19(17)31(29,30)27-16-9-7-15(8-10-16)18-11-12-20(26-25-18)28-13-3-4-14-28/h1-2,5-12,27H,3-4,13-14H2. The molecule has 0 spiro atoms. The topological polar surface area (TPSA) is 75.2 Å². The average molecular weight is 448 g/mol. The Hall–Kier alpha value is -3.14. The van der Waals surface area contributed by atoms with Gasteiger partial charge in [-0.1, -0.05) is 24.3 Å². The zero-order chi connectivity index (χ0) is 22.1. The Bertz CT molecular complexity index is 1160. The van der Waals surface area contributed by atoms with Gasteiger partial charge < -0.3 is 4.90 Å². The van der Waals surface area contributed by atoms with E-state index in [1.807, 2.05) is 12.1 Å². The lowest BCUT2D eigenvalue weighted by atomic mass is 10.1. The summed E-state index contributed by atoms with van der Waals surface area (Å²) in [6.45, 7) is 1.92. The Morgan fingerprint density at radius 2 is 1.55 bits per heavy atom. The summed E-state index contributed by atoms with van der Waals surface area (Å²) >= 11 is 0. The number of hydrogen-bond acceptors (Lipinski definition) is 5. The van der Waals surface area contributed by atoms with Crippen LogP contribution in [-0.4, -0.2) is 31.7 Å². The van der Waals surface area contributed by atoms with Crippen LogP contribution in [0.5, 0.6) is 0 Å². The third kappa shape index (κ3) is 4.63. The molecule has 0 atom stereocenters. The molecule has 6 nitrogen and oxygen atoms in total. The highest BCUT2D eigenvalue weighted by Crippen LogP contribution is 2.34. The predicted octanol–water partition coefficient (Wildman–Crippen LogP) is 4.56. The van der Waals surface area contributed by atoms with Crippen LogP contribution in [0.1, 0.15) is 18.4 Å². The van der Waals surface area contributed by atoms with Crippen LogP contribution in [0.15, 0.2) is 65.6 Å². The largest absolute Gasteiger partial charge is 0.417 e. The van der Waals surface area contributed by atoms with Crippen molar-refractivity contribution in [2.75, 3.05) is 22.7 Å². The van der Waals surface area contributed by atoms with Gasteiger partial charge in [0.15, 0.2) is 5.82 Å². The molecule has 0 radical (unpaired) electrons. The molecule has 1 saturated heterocycles. The average Bonchev–Trinajstić information content (AvgIpc) is 3.29. The summed E-state index contributed by atoms with van der Waals surface area (Å²) in [6, 6.07) is 14.0. The smallest absolute Gasteiger partial charge is 0.355 e. The number of benzene rings is 2. The Balaban J connectivity index is 1.52. The first-order valence-electron chi connectivity index (χ1n) is 9.62. The van der Waals surface area contributed by atoms with Crippen molar-refractivity contribution < 1.29 is 21.6 Å². The minimum atomic E-state index is -4.78. The summed E-state index contributed by atoms with van der Waals surface area (Å²) in [6.07, 6.45) is -2.52. The van der Waals surface area contributed by atoms with E-state index in [1.54, 1.807) is 12.1 Å². The van der Waals surface area contributed by atoms with Crippen molar-refractivity contribution in [1.29, 1.82) is 0 Å². The molecule has 0 saturated carbocycles. The molecule has 10 heteroatoms. The van der Waals surface area contributed by atoms with E-state index in [0.717, 1.165) is 49.9 Å². The molecule has 162 valence electrons. The fourth-order valence-electron chi connectivity index (χ4n) is 3.45. The second-order valence-corrected chi connectivity index (χ2v) is 8.80. The Kier molecular flexibility index (Phi) is 5.57. The van der Waals surface area contributed by atoms with E-state index >= 15 is 0 Å². The van der Waals surface area contributed by atoms with Crippen LogP contribution in [0.2, 0.25) is 0 Å². The van der Waals surface area contributed by atoms with Crippen LogP contribution in [0, 0.1) is 0 Å². The molecule has 3 aromatic rings. The second kappa shape index (κ2) is 8.18. The second-order valence-electron chi connectivity index (χ2n) is 7.15. The monoisotopic (exact) mass is 448 g/mol. The minimum Gasteiger partial charge on any atom is -0.355 e. The highest BCUT2D eigenvalue weighted by Gasteiger charge is 2.36. The van der Waals surface area contributed by atoms with Crippen molar-refractivity contribution in [2.45, 2.75) is 23.9 Å². The van der Waals surface area contributed by atoms with Crippen LogP contribution in [-0.2, 0) is 16.2 Å². The summed E-state index contributed by atoms with van der Waals surface area (Å²) in [5.41, 5.74) is 0.244. The van der Waals surface area contributed by atoms with Crippen molar-refractivity contribution >= 4 is 21.5 Å². The van der Waals surface area contributed by atoms with E-state index in [2.05, 4.69) is 19.8 Å². The van der Waals surface area contributed by atoms with Gasteiger partial charge in [-0.2, -0.15) is 13.2 Å². The molecule has 1 aromatic heterocycles. The fourth-order valence-corrected chi connectivity index (χ4v) is 4.74. The zero-order valence-electron chi connectivity index (χ0n) is 16.3. The van der Waals surface area contributed by atoms with E-state index in [9.17, 15) is 21.6 Å². The molecular formula is C21H19F3N4O2S. The van der Waals surface area contributed by atoms with Crippen LogP contribution >= 0.6 is 0 Å². The molecule has 4 rings (SSSR count). The van der Waals surface area contributed by atoms with Crippen molar-refractivity contribution in [3.05, 3.63) is 66.2 Å². The number of nitrogens with zero attached hydrogens (tertiary/aromatic N) is 3. The maximum absolute atomic E-state index is 13.2. The highest BCUT2D eigenvalue weighted by atomic mass is 32.2. The SMILES string of the molecule is O=S(=O)(Nc1ccc(-c2ccc(N3CCCC3)nn2)cc1)c1ccccc1C(F)(F)F. The third-order valence-electron chi connectivity index (χ3n) is 5.00.